The molecule has 0 saturated carbocycles. The minimum Gasteiger partial charge on any atom is -0.488 e. The molecule has 1 atom stereocenters. The SMILES string of the molecule is C=C(C)COc1ccccc1C(=O)N1CCCC1c1c(C)noc1C. The fourth-order valence-electron chi connectivity index (χ4n) is 3.40. The number of para-hydroxylation sites is 1. The van der Waals surface area contributed by atoms with E-state index in [1.54, 1.807) is 0 Å². The molecule has 25 heavy (non-hydrogen) atoms. The third kappa shape index (κ3) is 3.45. The van der Waals surface area contributed by atoms with E-state index in [1.165, 1.54) is 0 Å². The third-order valence-electron chi connectivity index (χ3n) is 4.53. The fraction of sp³-hybridized carbons (Fsp3) is 0.400. The van der Waals surface area contributed by atoms with Gasteiger partial charge >= 0.3 is 0 Å². The Hall–Kier alpha value is -2.56. The van der Waals surface area contributed by atoms with Crippen LogP contribution in [0.4, 0.5) is 0 Å². The zero-order chi connectivity index (χ0) is 18.0. The van der Waals surface area contributed by atoms with Crippen molar-refractivity contribution in [3.8, 4) is 5.75 Å². The van der Waals surface area contributed by atoms with Crippen LogP contribution in [0.3, 0.4) is 0 Å². The third-order valence-corrected chi connectivity index (χ3v) is 4.53. The molecule has 1 aromatic heterocycles. The largest absolute Gasteiger partial charge is 0.488 e. The highest BCUT2D eigenvalue weighted by Gasteiger charge is 2.35. The van der Waals surface area contributed by atoms with Crippen LogP contribution >= 0.6 is 0 Å². The summed E-state index contributed by atoms with van der Waals surface area (Å²) in [4.78, 5) is 15.1. The number of aromatic nitrogens is 1. The lowest BCUT2D eigenvalue weighted by atomic mass is 10.0. The van der Waals surface area contributed by atoms with E-state index in [2.05, 4.69) is 11.7 Å². The van der Waals surface area contributed by atoms with Crippen molar-refractivity contribution in [2.45, 2.75) is 39.7 Å². The molecule has 1 fully saturated rings. The number of amides is 1. The van der Waals surface area contributed by atoms with Crippen LogP contribution in [0, 0.1) is 13.8 Å². The summed E-state index contributed by atoms with van der Waals surface area (Å²) in [5, 5.41) is 4.05. The molecule has 0 N–H and O–H groups in total. The van der Waals surface area contributed by atoms with Gasteiger partial charge in [0.15, 0.2) is 0 Å². The van der Waals surface area contributed by atoms with Crippen LogP contribution in [0.25, 0.3) is 0 Å². The quantitative estimate of drug-likeness (QED) is 0.765. The highest BCUT2D eigenvalue weighted by atomic mass is 16.5. The van der Waals surface area contributed by atoms with Crippen molar-refractivity contribution in [2.24, 2.45) is 0 Å². The maximum atomic E-state index is 13.2. The van der Waals surface area contributed by atoms with Gasteiger partial charge in [0.05, 0.1) is 17.3 Å². The molecule has 1 amide bonds. The normalized spacial score (nSPS) is 16.9. The average Bonchev–Trinajstić information content (AvgIpc) is 3.19. The van der Waals surface area contributed by atoms with Crippen molar-refractivity contribution in [3.63, 3.8) is 0 Å². The Morgan fingerprint density at radius 2 is 2.16 bits per heavy atom. The van der Waals surface area contributed by atoms with E-state index >= 15 is 0 Å². The first-order valence-corrected chi connectivity index (χ1v) is 8.59. The van der Waals surface area contributed by atoms with Gasteiger partial charge in [-0.2, -0.15) is 0 Å². The van der Waals surface area contributed by atoms with Crippen LogP contribution in [-0.2, 0) is 0 Å². The van der Waals surface area contributed by atoms with Gasteiger partial charge in [0.2, 0.25) is 0 Å². The maximum Gasteiger partial charge on any atom is 0.258 e. The topological polar surface area (TPSA) is 55.6 Å². The van der Waals surface area contributed by atoms with E-state index in [1.807, 2.05) is 49.9 Å². The molecular weight excluding hydrogens is 316 g/mol. The van der Waals surface area contributed by atoms with Crippen molar-refractivity contribution in [2.75, 3.05) is 13.2 Å². The monoisotopic (exact) mass is 340 g/mol. The summed E-state index contributed by atoms with van der Waals surface area (Å²) < 4.78 is 11.1. The minimum atomic E-state index is -0.0141. The number of nitrogens with zero attached hydrogens (tertiary/aromatic N) is 2. The molecule has 3 rings (SSSR count). The number of benzene rings is 1. The van der Waals surface area contributed by atoms with Gasteiger partial charge in [0.25, 0.3) is 5.91 Å². The second-order valence-corrected chi connectivity index (χ2v) is 6.64. The summed E-state index contributed by atoms with van der Waals surface area (Å²) in [7, 11) is 0. The molecule has 5 nitrogen and oxygen atoms in total. The molecule has 1 aliphatic rings. The molecule has 1 unspecified atom stereocenters. The van der Waals surface area contributed by atoms with E-state index < -0.39 is 0 Å². The van der Waals surface area contributed by atoms with Crippen LogP contribution in [0.15, 0.2) is 40.9 Å². The van der Waals surface area contributed by atoms with Gasteiger partial charge in [-0.15, -0.1) is 0 Å². The first-order chi connectivity index (χ1) is 12.0. The Morgan fingerprint density at radius 1 is 1.40 bits per heavy atom. The lowest BCUT2D eigenvalue weighted by molar-refractivity contribution is 0.0730. The average molecular weight is 340 g/mol. The predicted molar refractivity (Wildman–Crippen MR) is 95.7 cm³/mol. The Kier molecular flexibility index (Phi) is 4.93. The van der Waals surface area contributed by atoms with Gasteiger partial charge in [-0.25, -0.2) is 0 Å². The molecule has 1 saturated heterocycles. The summed E-state index contributed by atoms with van der Waals surface area (Å²) in [5.41, 5.74) is 3.39. The Labute approximate surface area is 148 Å². The van der Waals surface area contributed by atoms with Gasteiger partial charge in [0, 0.05) is 12.1 Å². The van der Waals surface area contributed by atoms with Gasteiger partial charge in [-0.3, -0.25) is 4.79 Å². The molecule has 1 aliphatic heterocycles. The minimum absolute atomic E-state index is 0.00736. The first kappa shape index (κ1) is 17.3. The second kappa shape index (κ2) is 7.13. The van der Waals surface area contributed by atoms with E-state index in [9.17, 15) is 4.79 Å². The number of hydrogen-bond acceptors (Lipinski definition) is 4. The number of hydrogen-bond donors (Lipinski definition) is 0. The van der Waals surface area contributed by atoms with Crippen molar-refractivity contribution in [1.29, 1.82) is 0 Å². The number of carbonyl (C=O) groups is 1. The van der Waals surface area contributed by atoms with E-state index in [4.69, 9.17) is 9.26 Å². The highest BCUT2D eigenvalue weighted by Crippen LogP contribution is 2.37. The predicted octanol–water partition coefficient (Wildman–Crippen LogP) is 4.22. The molecular formula is C20H24N2O3. The van der Waals surface area contributed by atoms with Gasteiger partial charge in [0.1, 0.15) is 18.1 Å². The number of rotatable bonds is 5. The lowest BCUT2D eigenvalue weighted by Crippen LogP contribution is -2.31. The molecule has 0 bridgehead atoms. The molecule has 0 radical (unpaired) electrons. The van der Waals surface area contributed by atoms with E-state index in [0.29, 0.717) is 17.9 Å². The van der Waals surface area contributed by atoms with Crippen molar-refractivity contribution in [3.05, 3.63) is 59.0 Å². The second-order valence-electron chi connectivity index (χ2n) is 6.64. The summed E-state index contributed by atoms with van der Waals surface area (Å²) in [6.45, 7) is 10.7. The maximum absolute atomic E-state index is 13.2. The number of likely N-dealkylation sites (tertiary alicyclic amines) is 1. The van der Waals surface area contributed by atoms with Crippen molar-refractivity contribution >= 4 is 5.91 Å². The van der Waals surface area contributed by atoms with Gasteiger partial charge < -0.3 is 14.2 Å². The lowest BCUT2D eigenvalue weighted by Gasteiger charge is -2.25. The molecule has 0 aliphatic carbocycles. The van der Waals surface area contributed by atoms with Crippen molar-refractivity contribution < 1.29 is 14.1 Å². The van der Waals surface area contributed by atoms with E-state index in [0.717, 1.165) is 42.0 Å². The number of carbonyl (C=O) groups excluding carboxylic acids is 1. The van der Waals surface area contributed by atoms with E-state index in [-0.39, 0.29) is 11.9 Å². The fourth-order valence-corrected chi connectivity index (χ4v) is 3.40. The van der Waals surface area contributed by atoms with Gasteiger partial charge in [-0.1, -0.05) is 23.9 Å². The highest BCUT2D eigenvalue weighted by molar-refractivity contribution is 5.97. The molecule has 2 aromatic rings. The smallest absolute Gasteiger partial charge is 0.258 e. The van der Waals surface area contributed by atoms with Crippen LogP contribution in [0.5, 0.6) is 5.75 Å². The Balaban J connectivity index is 1.89. The summed E-state index contributed by atoms with van der Waals surface area (Å²) >= 11 is 0. The summed E-state index contributed by atoms with van der Waals surface area (Å²) in [6.07, 6.45) is 1.89. The standard InChI is InChI=1S/C20H24N2O3/c1-13(2)12-24-18-10-6-5-8-16(18)20(23)22-11-7-9-17(22)19-14(3)21-25-15(19)4/h5-6,8,10,17H,1,7,9,11-12H2,2-4H3. The van der Waals surface area contributed by atoms with Crippen molar-refractivity contribution in [1.82, 2.24) is 10.1 Å². The molecule has 132 valence electrons. The van der Waals surface area contributed by atoms with Crippen LogP contribution in [0.1, 0.15) is 53.2 Å². The molecule has 2 heterocycles. The molecule has 1 aromatic carbocycles. The summed E-state index contributed by atoms with van der Waals surface area (Å²) in [6, 6.07) is 7.39. The zero-order valence-corrected chi connectivity index (χ0v) is 15.0. The Bertz CT molecular complexity index is 774. The zero-order valence-electron chi connectivity index (χ0n) is 15.0. The molecule has 5 heteroatoms. The van der Waals surface area contributed by atoms with Crippen LogP contribution in [0.2, 0.25) is 0 Å². The number of aryl methyl sites for hydroxylation is 2. The van der Waals surface area contributed by atoms with Gasteiger partial charge in [-0.05, 0) is 51.3 Å². The van der Waals surface area contributed by atoms with Crippen LogP contribution < -0.4 is 4.74 Å². The first-order valence-electron chi connectivity index (χ1n) is 8.59. The molecule has 0 spiro atoms. The van der Waals surface area contributed by atoms with Crippen LogP contribution in [-0.4, -0.2) is 29.1 Å². The summed E-state index contributed by atoms with van der Waals surface area (Å²) in [5.74, 6) is 1.37. The Morgan fingerprint density at radius 3 is 2.84 bits per heavy atom. The number of ether oxygens (including phenoxy) is 1.